The smallest absolute Gasteiger partial charge is 0.335 e. The van der Waals surface area contributed by atoms with E-state index in [2.05, 4.69) is 4.98 Å². The van der Waals surface area contributed by atoms with Crippen molar-refractivity contribution >= 4 is 32.7 Å². The fourth-order valence-corrected chi connectivity index (χ4v) is 4.27. The van der Waals surface area contributed by atoms with E-state index in [1.807, 2.05) is 0 Å². The van der Waals surface area contributed by atoms with Gasteiger partial charge < -0.3 is 10.0 Å². The van der Waals surface area contributed by atoms with Crippen LogP contribution in [0.2, 0.25) is 0 Å². The summed E-state index contributed by atoms with van der Waals surface area (Å²) in [6.45, 7) is 0.556. The molecule has 4 nitrogen and oxygen atoms in total. The van der Waals surface area contributed by atoms with E-state index in [9.17, 15) is 22.4 Å². The lowest BCUT2D eigenvalue weighted by atomic mass is 10.1. The standard InChI is InChI=1S/C23H16F4N2O2S/c24-16-2-1-3-19-21(16)32-23(28-19)29(12-13-4-6-15(7-5-13)22(30)31)9-8-14-10-17(25)20(27)18(26)11-14/h1-7,10-11H,8-9,12H2,(H,30,31). The number of anilines is 1. The van der Waals surface area contributed by atoms with E-state index >= 15 is 0 Å². The number of carboxylic acids is 1. The molecular weight excluding hydrogens is 444 g/mol. The van der Waals surface area contributed by atoms with Crippen molar-refractivity contribution < 1.29 is 27.5 Å². The van der Waals surface area contributed by atoms with Crippen LogP contribution in [0.5, 0.6) is 0 Å². The third-order valence-corrected chi connectivity index (χ3v) is 6.05. The zero-order valence-electron chi connectivity index (χ0n) is 16.5. The van der Waals surface area contributed by atoms with Crippen molar-refractivity contribution in [2.24, 2.45) is 0 Å². The van der Waals surface area contributed by atoms with E-state index in [1.54, 1.807) is 29.2 Å². The van der Waals surface area contributed by atoms with Gasteiger partial charge in [-0.15, -0.1) is 0 Å². The van der Waals surface area contributed by atoms with Crippen LogP contribution in [0.1, 0.15) is 21.5 Å². The SMILES string of the molecule is O=C(O)c1ccc(CN(CCc2cc(F)c(F)c(F)c2)c2nc3cccc(F)c3s2)cc1. The van der Waals surface area contributed by atoms with E-state index in [0.29, 0.717) is 21.9 Å². The summed E-state index contributed by atoms with van der Waals surface area (Å²) in [4.78, 5) is 17.4. The monoisotopic (exact) mass is 460 g/mol. The molecule has 0 aliphatic rings. The second-order valence-electron chi connectivity index (χ2n) is 7.13. The van der Waals surface area contributed by atoms with Gasteiger partial charge in [-0.3, -0.25) is 0 Å². The second kappa shape index (κ2) is 8.96. The Kier molecular flexibility index (Phi) is 6.09. The van der Waals surface area contributed by atoms with Gasteiger partial charge in [-0.25, -0.2) is 27.3 Å². The average molecular weight is 460 g/mol. The minimum Gasteiger partial charge on any atom is -0.478 e. The Bertz CT molecular complexity index is 1270. The van der Waals surface area contributed by atoms with Crippen molar-refractivity contribution in [1.82, 2.24) is 4.98 Å². The zero-order chi connectivity index (χ0) is 22.8. The highest BCUT2D eigenvalue weighted by Crippen LogP contribution is 2.31. The van der Waals surface area contributed by atoms with Crippen LogP contribution >= 0.6 is 11.3 Å². The van der Waals surface area contributed by atoms with Gasteiger partial charge >= 0.3 is 5.97 Å². The normalized spacial score (nSPS) is 11.1. The zero-order valence-corrected chi connectivity index (χ0v) is 17.3. The number of hydrogen-bond acceptors (Lipinski definition) is 4. The van der Waals surface area contributed by atoms with E-state index in [4.69, 9.17) is 5.11 Å². The molecule has 0 aliphatic carbocycles. The van der Waals surface area contributed by atoms with Crippen molar-refractivity contribution in [2.45, 2.75) is 13.0 Å². The molecule has 0 saturated heterocycles. The Labute approximate surface area is 184 Å². The number of halogens is 4. The predicted octanol–water partition coefficient (Wildman–Crippen LogP) is 5.80. The predicted molar refractivity (Wildman–Crippen MR) is 114 cm³/mol. The third-order valence-electron chi connectivity index (χ3n) is 4.91. The molecule has 0 aliphatic heterocycles. The van der Waals surface area contributed by atoms with E-state index < -0.39 is 29.2 Å². The molecule has 0 atom stereocenters. The molecule has 3 aromatic carbocycles. The molecule has 1 aromatic heterocycles. The van der Waals surface area contributed by atoms with Crippen LogP contribution in [0.25, 0.3) is 10.2 Å². The number of thiazole rings is 1. The maximum absolute atomic E-state index is 14.2. The number of nitrogens with zero attached hydrogens (tertiary/aromatic N) is 2. The Morgan fingerprint density at radius 2 is 1.62 bits per heavy atom. The highest BCUT2D eigenvalue weighted by Gasteiger charge is 2.17. The number of aromatic carboxylic acids is 1. The highest BCUT2D eigenvalue weighted by molar-refractivity contribution is 7.22. The summed E-state index contributed by atoms with van der Waals surface area (Å²) >= 11 is 1.14. The molecule has 1 heterocycles. The molecule has 0 radical (unpaired) electrons. The van der Waals surface area contributed by atoms with Crippen molar-refractivity contribution in [3.8, 4) is 0 Å². The lowest BCUT2D eigenvalue weighted by Gasteiger charge is -2.22. The van der Waals surface area contributed by atoms with Gasteiger partial charge in [0.2, 0.25) is 0 Å². The first-order valence-corrected chi connectivity index (χ1v) is 10.4. The molecule has 0 saturated carbocycles. The van der Waals surface area contributed by atoms with Crippen molar-refractivity contribution in [3.63, 3.8) is 0 Å². The summed E-state index contributed by atoms with van der Waals surface area (Å²) in [7, 11) is 0. The summed E-state index contributed by atoms with van der Waals surface area (Å²) in [6.07, 6.45) is 0.180. The van der Waals surface area contributed by atoms with Gasteiger partial charge in [0, 0.05) is 13.1 Å². The van der Waals surface area contributed by atoms with Gasteiger partial charge in [0.05, 0.1) is 15.8 Å². The van der Waals surface area contributed by atoms with Crippen LogP contribution in [0.4, 0.5) is 22.7 Å². The Morgan fingerprint density at radius 1 is 0.938 bits per heavy atom. The summed E-state index contributed by atoms with van der Waals surface area (Å²) in [5.74, 6) is -5.50. The van der Waals surface area contributed by atoms with Crippen LogP contribution in [-0.4, -0.2) is 22.6 Å². The summed E-state index contributed by atoms with van der Waals surface area (Å²) in [5, 5.41) is 9.57. The van der Waals surface area contributed by atoms with E-state index in [-0.39, 0.29) is 24.1 Å². The molecule has 0 unspecified atom stereocenters. The molecule has 4 rings (SSSR count). The van der Waals surface area contributed by atoms with Crippen molar-refractivity contribution in [3.05, 3.63) is 94.6 Å². The molecule has 32 heavy (non-hydrogen) atoms. The van der Waals surface area contributed by atoms with Gasteiger partial charge in [-0.1, -0.05) is 29.5 Å². The maximum atomic E-state index is 14.2. The molecule has 1 N–H and O–H groups in total. The van der Waals surface area contributed by atoms with Gasteiger partial charge in [0.1, 0.15) is 5.82 Å². The molecule has 0 fully saturated rings. The molecule has 164 valence electrons. The number of aromatic nitrogens is 1. The van der Waals surface area contributed by atoms with Crippen LogP contribution < -0.4 is 4.90 Å². The van der Waals surface area contributed by atoms with Gasteiger partial charge in [0.15, 0.2) is 22.6 Å². The van der Waals surface area contributed by atoms with Crippen LogP contribution in [0, 0.1) is 23.3 Å². The number of carbonyl (C=O) groups is 1. The number of carboxylic acid groups (broad SMARTS) is 1. The number of fused-ring (bicyclic) bond motifs is 1. The third kappa shape index (κ3) is 4.57. The maximum Gasteiger partial charge on any atom is 0.335 e. The lowest BCUT2D eigenvalue weighted by molar-refractivity contribution is 0.0697. The molecule has 4 aromatic rings. The first-order chi connectivity index (χ1) is 15.3. The fourth-order valence-electron chi connectivity index (χ4n) is 3.27. The van der Waals surface area contributed by atoms with Gasteiger partial charge in [-0.05, 0) is 53.9 Å². The quantitative estimate of drug-likeness (QED) is 0.280. The lowest BCUT2D eigenvalue weighted by Crippen LogP contribution is -2.25. The van der Waals surface area contributed by atoms with Crippen molar-refractivity contribution in [2.75, 3.05) is 11.4 Å². The van der Waals surface area contributed by atoms with Crippen LogP contribution in [0.3, 0.4) is 0 Å². The van der Waals surface area contributed by atoms with E-state index in [0.717, 1.165) is 29.0 Å². The molecule has 0 amide bonds. The number of benzene rings is 3. The fraction of sp³-hybridized carbons (Fsp3) is 0.130. The molecular formula is C23H16F4N2O2S. The van der Waals surface area contributed by atoms with Crippen LogP contribution in [-0.2, 0) is 13.0 Å². The molecule has 0 bridgehead atoms. The number of rotatable bonds is 7. The van der Waals surface area contributed by atoms with E-state index in [1.165, 1.54) is 18.2 Å². The molecule has 9 heteroatoms. The largest absolute Gasteiger partial charge is 0.478 e. The summed E-state index contributed by atoms with van der Waals surface area (Å²) in [6, 6.07) is 12.7. The Balaban J connectivity index is 1.63. The Hall–Kier alpha value is -3.46. The average Bonchev–Trinajstić information content (AvgIpc) is 3.21. The minimum atomic E-state index is -1.52. The van der Waals surface area contributed by atoms with Crippen LogP contribution in [0.15, 0.2) is 54.6 Å². The highest BCUT2D eigenvalue weighted by atomic mass is 32.1. The van der Waals surface area contributed by atoms with Crippen molar-refractivity contribution in [1.29, 1.82) is 0 Å². The molecule has 0 spiro atoms. The topological polar surface area (TPSA) is 53.4 Å². The first kappa shape index (κ1) is 21.8. The second-order valence-corrected chi connectivity index (χ2v) is 8.11. The summed E-state index contributed by atoms with van der Waals surface area (Å²) < 4.78 is 55.0. The minimum absolute atomic E-state index is 0.139. The summed E-state index contributed by atoms with van der Waals surface area (Å²) in [5.41, 5.74) is 1.65. The van der Waals surface area contributed by atoms with Gasteiger partial charge in [-0.2, -0.15) is 0 Å². The van der Waals surface area contributed by atoms with Gasteiger partial charge in [0.25, 0.3) is 0 Å². The number of hydrogen-bond donors (Lipinski definition) is 1. The Morgan fingerprint density at radius 3 is 2.25 bits per heavy atom. The first-order valence-electron chi connectivity index (χ1n) is 9.57.